The van der Waals surface area contributed by atoms with Crippen molar-refractivity contribution < 1.29 is 14.3 Å². The number of furan rings is 1. The maximum atomic E-state index is 12.6. The van der Waals surface area contributed by atoms with Crippen molar-refractivity contribution in [1.82, 2.24) is 0 Å². The lowest BCUT2D eigenvalue weighted by atomic mass is 9.99. The number of phenols is 1. The van der Waals surface area contributed by atoms with E-state index in [2.05, 4.69) is 0 Å². The van der Waals surface area contributed by atoms with Crippen LogP contribution in [0.3, 0.4) is 0 Å². The summed E-state index contributed by atoms with van der Waals surface area (Å²) in [5.41, 5.74) is 2.31. The minimum Gasteiger partial charge on any atom is -0.508 e. The Hall–Kier alpha value is -2.55. The van der Waals surface area contributed by atoms with E-state index in [0.29, 0.717) is 18.4 Å². The topological polar surface area (TPSA) is 50.4 Å². The van der Waals surface area contributed by atoms with Crippen LogP contribution >= 0.6 is 0 Å². The van der Waals surface area contributed by atoms with Crippen LogP contribution in [0.25, 0.3) is 11.0 Å². The Morgan fingerprint density at radius 1 is 1.10 bits per heavy atom. The minimum absolute atomic E-state index is 0.0440. The largest absolute Gasteiger partial charge is 0.508 e. The van der Waals surface area contributed by atoms with E-state index in [4.69, 9.17) is 4.42 Å². The number of benzene rings is 2. The zero-order chi connectivity index (χ0) is 14.8. The number of hydrogen-bond donors (Lipinski definition) is 1. The van der Waals surface area contributed by atoms with Crippen molar-refractivity contribution in [2.45, 2.75) is 19.8 Å². The molecule has 0 aliphatic carbocycles. The summed E-state index contributed by atoms with van der Waals surface area (Å²) in [6, 6.07) is 14.3. The molecule has 0 saturated heterocycles. The molecule has 3 nitrogen and oxygen atoms in total. The van der Waals surface area contributed by atoms with Gasteiger partial charge in [0.2, 0.25) is 0 Å². The number of aryl methyl sites for hydroxylation is 1. The van der Waals surface area contributed by atoms with Gasteiger partial charge in [0.15, 0.2) is 5.78 Å². The van der Waals surface area contributed by atoms with Gasteiger partial charge in [-0.05, 0) is 23.8 Å². The van der Waals surface area contributed by atoms with E-state index in [9.17, 15) is 9.90 Å². The lowest BCUT2D eigenvalue weighted by Crippen LogP contribution is -2.05. The van der Waals surface area contributed by atoms with E-state index in [0.717, 1.165) is 22.3 Å². The van der Waals surface area contributed by atoms with Crippen molar-refractivity contribution in [3.63, 3.8) is 0 Å². The second-order valence-electron chi connectivity index (χ2n) is 5.02. The number of ketones is 1. The number of fused-ring (bicyclic) bond motifs is 1. The summed E-state index contributed by atoms with van der Waals surface area (Å²) in [6.45, 7) is 1.98. The summed E-state index contributed by atoms with van der Waals surface area (Å²) in [7, 11) is 0. The second-order valence-corrected chi connectivity index (χ2v) is 5.02. The number of aromatic hydroxyl groups is 1. The SMILES string of the molecule is CCc1oc2ccccc2c1C(=O)Cc1ccc(O)cc1. The molecule has 0 aliphatic heterocycles. The van der Waals surface area contributed by atoms with Gasteiger partial charge >= 0.3 is 0 Å². The molecule has 1 N–H and O–H groups in total. The van der Waals surface area contributed by atoms with Crippen LogP contribution < -0.4 is 0 Å². The Kier molecular flexibility index (Phi) is 3.48. The molecule has 0 bridgehead atoms. The van der Waals surface area contributed by atoms with Crippen LogP contribution in [0.2, 0.25) is 0 Å². The highest BCUT2D eigenvalue weighted by molar-refractivity contribution is 6.09. The highest BCUT2D eigenvalue weighted by Crippen LogP contribution is 2.27. The van der Waals surface area contributed by atoms with Gasteiger partial charge in [-0.2, -0.15) is 0 Å². The highest BCUT2D eigenvalue weighted by atomic mass is 16.3. The Morgan fingerprint density at radius 3 is 2.52 bits per heavy atom. The summed E-state index contributed by atoms with van der Waals surface area (Å²) in [6.07, 6.45) is 0.988. The first kappa shape index (κ1) is 13.4. The zero-order valence-electron chi connectivity index (χ0n) is 11.8. The minimum atomic E-state index is 0.0440. The third-order valence-corrected chi connectivity index (χ3v) is 3.57. The van der Waals surface area contributed by atoms with Crippen molar-refractivity contribution in [3.05, 3.63) is 65.4 Å². The molecule has 0 unspecified atom stereocenters. The molecule has 0 fully saturated rings. The molecule has 3 heteroatoms. The fraction of sp³-hybridized carbons (Fsp3) is 0.167. The van der Waals surface area contributed by atoms with Gasteiger partial charge < -0.3 is 9.52 Å². The lowest BCUT2D eigenvalue weighted by Gasteiger charge is -2.02. The summed E-state index contributed by atoms with van der Waals surface area (Å²) in [5.74, 6) is 0.983. The average Bonchev–Trinajstić information content (AvgIpc) is 2.88. The van der Waals surface area contributed by atoms with Crippen LogP contribution in [0.4, 0.5) is 0 Å². The van der Waals surface area contributed by atoms with Gasteiger partial charge in [0, 0.05) is 18.2 Å². The molecule has 2 aromatic carbocycles. The van der Waals surface area contributed by atoms with Gasteiger partial charge in [0.05, 0.1) is 5.56 Å². The third-order valence-electron chi connectivity index (χ3n) is 3.57. The predicted molar refractivity (Wildman–Crippen MR) is 81.7 cm³/mol. The molecule has 0 saturated carbocycles. The molecule has 3 aromatic rings. The fourth-order valence-corrected chi connectivity index (χ4v) is 2.54. The monoisotopic (exact) mass is 280 g/mol. The average molecular weight is 280 g/mol. The normalized spacial score (nSPS) is 10.9. The van der Waals surface area contributed by atoms with Gasteiger partial charge in [-0.1, -0.05) is 37.3 Å². The van der Waals surface area contributed by atoms with E-state index in [1.807, 2.05) is 31.2 Å². The first-order chi connectivity index (χ1) is 10.2. The van der Waals surface area contributed by atoms with Crippen molar-refractivity contribution in [2.24, 2.45) is 0 Å². The van der Waals surface area contributed by atoms with Crippen molar-refractivity contribution in [3.8, 4) is 5.75 Å². The molecule has 0 aliphatic rings. The molecule has 106 valence electrons. The highest BCUT2D eigenvalue weighted by Gasteiger charge is 2.19. The Bertz CT molecular complexity index is 782. The number of para-hydroxylation sites is 1. The molecular weight excluding hydrogens is 264 g/mol. The lowest BCUT2D eigenvalue weighted by molar-refractivity contribution is 0.0992. The number of Topliss-reactive ketones (excluding diaryl/α,β-unsaturated/α-hetero) is 1. The van der Waals surface area contributed by atoms with Crippen LogP contribution in [0, 0.1) is 0 Å². The predicted octanol–water partition coefficient (Wildman–Crippen LogP) is 4.13. The molecule has 3 rings (SSSR count). The zero-order valence-corrected chi connectivity index (χ0v) is 11.8. The summed E-state index contributed by atoms with van der Waals surface area (Å²) in [5, 5.41) is 10.2. The quantitative estimate of drug-likeness (QED) is 0.731. The van der Waals surface area contributed by atoms with Crippen molar-refractivity contribution in [1.29, 1.82) is 0 Å². The molecule has 0 radical (unpaired) electrons. The number of phenolic OH excluding ortho intramolecular Hbond substituents is 1. The number of hydrogen-bond acceptors (Lipinski definition) is 3. The van der Waals surface area contributed by atoms with Crippen LogP contribution in [0.5, 0.6) is 5.75 Å². The molecular formula is C18H16O3. The van der Waals surface area contributed by atoms with E-state index < -0.39 is 0 Å². The van der Waals surface area contributed by atoms with Gasteiger partial charge in [0.1, 0.15) is 17.1 Å². The van der Waals surface area contributed by atoms with E-state index in [-0.39, 0.29) is 11.5 Å². The molecule has 1 aromatic heterocycles. The van der Waals surface area contributed by atoms with Crippen LogP contribution in [-0.4, -0.2) is 10.9 Å². The first-order valence-electron chi connectivity index (χ1n) is 7.00. The maximum absolute atomic E-state index is 12.6. The van der Waals surface area contributed by atoms with Gasteiger partial charge in [0.25, 0.3) is 0 Å². The number of carbonyl (C=O) groups excluding carboxylic acids is 1. The summed E-state index contributed by atoms with van der Waals surface area (Å²) >= 11 is 0. The van der Waals surface area contributed by atoms with E-state index >= 15 is 0 Å². The Morgan fingerprint density at radius 2 is 1.81 bits per heavy atom. The van der Waals surface area contributed by atoms with Crippen molar-refractivity contribution >= 4 is 16.8 Å². The summed E-state index contributed by atoms with van der Waals surface area (Å²) in [4.78, 5) is 12.6. The van der Waals surface area contributed by atoms with Gasteiger partial charge in [-0.3, -0.25) is 4.79 Å². The molecule has 21 heavy (non-hydrogen) atoms. The fourth-order valence-electron chi connectivity index (χ4n) is 2.54. The van der Waals surface area contributed by atoms with Gasteiger partial charge in [-0.25, -0.2) is 0 Å². The second kappa shape index (κ2) is 5.44. The Labute approximate surface area is 122 Å². The van der Waals surface area contributed by atoms with E-state index in [1.165, 1.54) is 0 Å². The Balaban J connectivity index is 1.99. The van der Waals surface area contributed by atoms with Crippen LogP contribution in [-0.2, 0) is 12.8 Å². The van der Waals surface area contributed by atoms with E-state index in [1.54, 1.807) is 24.3 Å². The smallest absolute Gasteiger partial charge is 0.171 e. The molecule has 0 amide bonds. The first-order valence-corrected chi connectivity index (χ1v) is 7.00. The van der Waals surface area contributed by atoms with Gasteiger partial charge in [-0.15, -0.1) is 0 Å². The molecule has 0 spiro atoms. The van der Waals surface area contributed by atoms with Crippen LogP contribution in [0.1, 0.15) is 28.6 Å². The maximum Gasteiger partial charge on any atom is 0.171 e. The van der Waals surface area contributed by atoms with Crippen molar-refractivity contribution in [2.75, 3.05) is 0 Å². The third kappa shape index (κ3) is 2.55. The standard InChI is InChI=1S/C18H16O3/c1-2-16-18(14-5-3-4-6-17(14)21-16)15(20)11-12-7-9-13(19)10-8-12/h3-10,19H,2,11H2,1H3. The molecule has 0 atom stereocenters. The number of rotatable bonds is 4. The molecule has 1 heterocycles. The number of carbonyl (C=O) groups is 1. The van der Waals surface area contributed by atoms with Crippen LogP contribution in [0.15, 0.2) is 52.9 Å². The summed E-state index contributed by atoms with van der Waals surface area (Å²) < 4.78 is 5.77.